The first-order valence-corrected chi connectivity index (χ1v) is 6.80. The zero-order valence-electron chi connectivity index (χ0n) is 12.3. The zero-order chi connectivity index (χ0) is 14.6. The van der Waals surface area contributed by atoms with Crippen LogP contribution < -0.4 is 5.73 Å². The standard InChI is InChI=1S/C15H26N2O2/c1-10(2)14(16)7-8-17(4)11(3)13-6-5-12(18)9-15(13)19/h5-6,9-11,14,18-19H,7-8,16H2,1-4H3. The van der Waals surface area contributed by atoms with Crippen molar-refractivity contribution in [2.45, 2.75) is 39.3 Å². The molecule has 0 saturated carbocycles. The summed E-state index contributed by atoms with van der Waals surface area (Å²) in [4.78, 5) is 2.16. The molecule has 1 aromatic rings. The molecule has 4 N–H and O–H groups in total. The van der Waals surface area contributed by atoms with Gasteiger partial charge in [-0.15, -0.1) is 0 Å². The van der Waals surface area contributed by atoms with Gasteiger partial charge in [0, 0.05) is 23.7 Å². The number of hydrogen-bond donors (Lipinski definition) is 3. The van der Waals surface area contributed by atoms with Crippen LogP contribution in [0.4, 0.5) is 0 Å². The van der Waals surface area contributed by atoms with Crippen molar-refractivity contribution in [2.24, 2.45) is 11.7 Å². The van der Waals surface area contributed by atoms with Crippen molar-refractivity contribution in [1.29, 1.82) is 0 Å². The second kappa shape index (κ2) is 6.78. The topological polar surface area (TPSA) is 69.7 Å². The highest BCUT2D eigenvalue weighted by atomic mass is 16.3. The van der Waals surface area contributed by atoms with Gasteiger partial charge in [0.2, 0.25) is 0 Å². The molecule has 1 aromatic carbocycles. The van der Waals surface area contributed by atoms with Gasteiger partial charge in [-0.25, -0.2) is 0 Å². The lowest BCUT2D eigenvalue weighted by atomic mass is 10.0. The fourth-order valence-electron chi connectivity index (χ4n) is 2.00. The predicted molar refractivity (Wildman–Crippen MR) is 78.2 cm³/mol. The molecule has 0 heterocycles. The molecule has 0 bridgehead atoms. The normalized spacial score (nSPS) is 14.9. The molecule has 0 aliphatic heterocycles. The van der Waals surface area contributed by atoms with Crippen molar-refractivity contribution < 1.29 is 10.2 Å². The predicted octanol–water partition coefficient (Wildman–Crippen LogP) is 2.46. The third kappa shape index (κ3) is 4.40. The molecule has 108 valence electrons. The molecule has 2 unspecified atom stereocenters. The fraction of sp³-hybridized carbons (Fsp3) is 0.600. The molecule has 0 radical (unpaired) electrons. The summed E-state index contributed by atoms with van der Waals surface area (Å²) in [7, 11) is 2.02. The van der Waals surface area contributed by atoms with Crippen LogP contribution in [0.2, 0.25) is 0 Å². The molecule has 0 spiro atoms. The minimum absolute atomic E-state index is 0.0814. The van der Waals surface area contributed by atoms with E-state index in [1.807, 2.05) is 14.0 Å². The van der Waals surface area contributed by atoms with E-state index in [0.717, 1.165) is 18.5 Å². The Hall–Kier alpha value is -1.26. The molecule has 0 aromatic heterocycles. The monoisotopic (exact) mass is 266 g/mol. The summed E-state index contributed by atoms with van der Waals surface area (Å²) >= 11 is 0. The molecule has 19 heavy (non-hydrogen) atoms. The van der Waals surface area contributed by atoms with Gasteiger partial charge in [0.1, 0.15) is 11.5 Å². The summed E-state index contributed by atoms with van der Waals surface area (Å²) in [5.41, 5.74) is 6.86. The van der Waals surface area contributed by atoms with E-state index >= 15 is 0 Å². The van der Waals surface area contributed by atoms with E-state index in [0.29, 0.717) is 5.92 Å². The van der Waals surface area contributed by atoms with Gasteiger partial charge >= 0.3 is 0 Å². The molecular formula is C15H26N2O2. The van der Waals surface area contributed by atoms with Crippen molar-refractivity contribution in [3.8, 4) is 11.5 Å². The average Bonchev–Trinajstić information content (AvgIpc) is 2.34. The van der Waals surface area contributed by atoms with Crippen LogP contribution >= 0.6 is 0 Å². The van der Waals surface area contributed by atoms with E-state index in [2.05, 4.69) is 18.7 Å². The van der Waals surface area contributed by atoms with Gasteiger partial charge in [-0.05, 0) is 38.9 Å². The molecule has 0 aliphatic rings. The third-order valence-electron chi connectivity index (χ3n) is 3.80. The SMILES string of the molecule is CC(C)C(N)CCN(C)C(C)c1ccc(O)cc1O. The van der Waals surface area contributed by atoms with Crippen molar-refractivity contribution in [3.63, 3.8) is 0 Å². The van der Waals surface area contributed by atoms with Crippen molar-refractivity contribution in [2.75, 3.05) is 13.6 Å². The highest BCUT2D eigenvalue weighted by Crippen LogP contribution is 2.30. The van der Waals surface area contributed by atoms with E-state index < -0.39 is 0 Å². The van der Waals surface area contributed by atoms with Crippen molar-refractivity contribution in [3.05, 3.63) is 23.8 Å². The van der Waals surface area contributed by atoms with Gasteiger partial charge in [0.05, 0.1) is 0 Å². The average molecular weight is 266 g/mol. The van der Waals surface area contributed by atoms with Gasteiger partial charge in [-0.1, -0.05) is 19.9 Å². The summed E-state index contributed by atoms with van der Waals surface area (Å²) in [6, 6.07) is 5.01. The molecule has 0 saturated heterocycles. The molecule has 2 atom stereocenters. The van der Waals surface area contributed by atoms with Crippen LogP contribution in [0.3, 0.4) is 0 Å². The minimum atomic E-state index is 0.0814. The number of benzene rings is 1. The van der Waals surface area contributed by atoms with Crippen LogP contribution in [0.1, 0.15) is 38.8 Å². The van der Waals surface area contributed by atoms with Crippen LogP contribution in [0.5, 0.6) is 11.5 Å². The molecule has 4 heteroatoms. The Morgan fingerprint density at radius 2 is 1.84 bits per heavy atom. The number of nitrogens with two attached hydrogens (primary N) is 1. The van der Waals surface area contributed by atoms with E-state index in [4.69, 9.17) is 5.73 Å². The summed E-state index contributed by atoms with van der Waals surface area (Å²) in [5.74, 6) is 0.691. The van der Waals surface area contributed by atoms with Crippen molar-refractivity contribution >= 4 is 0 Å². The lowest BCUT2D eigenvalue weighted by molar-refractivity contribution is 0.239. The number of phenolic OH excluding ortho intramolecular Hbond substituents is 2. The number of phenols is 2. The maximum atomic E-state index is 9.86. The van der Waals surface area contributed by atoms with Gasteiger partial charge in [-0.3, -0.25) is 4.90 Å². The van der Waals surface area contributed by atoms with Crippen LogP contribution in [-0.2, 0) is 0 Å². The van der Waals surface area contributed by atoms with Crippen LogP contribution in [0, 0.1) is 5.92 Å². The summed E-state index contributed by atoms with van der Waals surface area (Å²) in [6.45, 7) is 7.16. The van der Waals surface area contributed by atoms with Gasteiger partial charge in [0.15, 0.2) is 0 Å². The van der Waals surface area contributed by atoms with Gasteiger partial charge in [0.25, 0.3) is 0 Å². The van der Waals surface area contributed by atoms with Gasteiger partial charge in [-0.2, -0.15) is 0 Å². The lowest BCUT2D eigenvalue weighted by Gasteiger charge is -2.27. The highest BCUT2D eigenvalue weighted by Gasteiger charge is 2.17. The van der Waals surface area contributed by atoms with Crippen LogP contribution in [0.15, 0.2) is 18.2 Å². The smallest absolute Gasteiger partial charge is 0.124 e. The highest BCUT2D eigenvalue weighted by molar-refractivity contribution is 5.40. The third-order valence-corrected chi connectivity index (χ3v) is 3.80. The minimum Gasteiger partial charge on any atom is -0.508 e. The number of aromatic hydroxyl groups is 2. The van der Waals surface area contributed by atoms with Crippen LogP contribution in [0.25, 0.3) is 0 Å². The van der Waals surface area contributed by atoms with Crippen molar-refractivity contribution in [1.82, 2.24) is 4.90 Å². The first-order chi connectivity index (χ1) is 8.82. The Bertz CT molecular complexity index is 407. The second-order valence-corrected chi connectivity index (χ2v) is 5.60. The molecular weight excluding hydrogens is 240 g/mol. The Labute approximate surface area is 115 Å². The van der Waals surface area contributed by atoms with E-state index in [9.17, 15) is 10.2 Å². The second-order valence-electron chi connectivity index (χ2n) is 5.60. The molecule has 4 nitrogen and oxygen atoms in total. The van der Waals surface area contributed by atoms with E-state index in [1.54, 1.807) is 12.1 Å². The van der Waals surface area contributed by atoms with Crippen LogP contribution in [-0.4, -0.2) is 34.7 Å². The Morgan fingerprint density at radius 1 is 1.21 bits per heavy atom. The lowest BCUT2D eigenvalue weighted by Crippen LogP contribution is -2.32. The molecule has 0 fully saturated rings. The molecule has 0 amide bonds. The Morgan fingerprint density at radius 3 is 2.37 bits per heavy atom. The largest absolute Gasteiger partial charge is 0.508 e. The van der Waals surface area contributed by atoms with Gasteiger partial charge < -0.3 is 15.9 Å². The Kier molecular flexibility index (Phi) is 5.63. The first kappa shape index (κ1) is 15.8. The van der Waals surface area contributed by atoms with E-state index in [-0.39, 0.29) is 23.6 Å². The fourth-order valence-corrected chi connectivity index (χ4v) is 2.00. The quantitative estimate of drug-likeness (QED) is 0.740. The zero-order valence-corrected chi connectivity index (χ0v) is 12.3. The molecule has 1 rings (SSSR count). The maximum absolute atomic E-state index is 9.86. The summed E-state index contributed by atoms with van der Waals surface area (Å²) < 4.78 is 0. The maximum Gasteiger partial charge on any atom is 0.124 e. The molecule has 0 aliphatic carbocycles. The number of hydrogen-bond acceptors (Lipinski definition) is 4. The first-order valence-electron chi connectivity index (χ1n) is 6.80. The summed E-state index contributed by atoms with van der Waals surface area (Å²) in [6.07, 6.45) is 0.928. The summed E-state index contributed by atoms with van der Waals surface area (Å²) in [5, 5.41) is 19.2. The van der Waals surface area contributed by atoms with E-state index in [1.165, 1.54) is 6.07 Å². The Balaban J connectivity index is 2.63. The number of rotatable bonds is 6. The number of nitrogens with zero attached hydrogens (tertiary/aromatic N) is 1.